The van der Waals surface area contributed by atoms with Gasteiger partial charge in [-0.3, -0.25) is 9.59 Å². The number of anilines is 1. The normalized spacial score (nSPS) is 13.3. The molecule has 0 aromatic heterocycles. The lowest BCUT2D eigenvalue weighted by Crippen LogP contribution is -3.08. The standard InChI is InChI=1S/C19H19FN2O4/c1-12(23)15-7-17-18(26-11-25-17)8-16(15)21-19(24)10-22(2)9-13-4-3-5-14(20)6-13/h3-8H,9-11H2,1-2H3,(H,21,24)/p+1. The van der Waals surface area contributed by atoms with Crippen molar-refractivity contribution in [1.82, 2.24) is 0 Å². The van der Waals surface area contributed by atoms with Crippen molar-refractivity contribution in [3.05, 3.63) is 53.3 Å². The third-order valence-electron chi connectivity index (χ3n) is 4.02. The Hall–Kier alpha value is -2.93. The van der Waals surface area contributed by atoms with Gasteiger partial charge in [0, 0.05) is 17.2 Å². The monoisotopic (exact) mass is 359 g/mol. The Kier molecular flexibility index (Phi) is 5.18. The van der Waals surface area contributed by atoms with Crippen LogP contribution in [0, 0.1) is 5.82 Å². The molecule has 7 heteroatoms. The first-order valence-corrected chi connectivity index (χ1v) is 8.22. The molecule has 0 bridgehead atoms. The van der Waals surface area contributed by atoms with Gasteiger partial charge in [-0.2, -0.15) is 0 Å². The minimum absolute atomic E-state index is 0.0879. The van der Waals surface area contributed by atoms with Crippen LogP contribution in [0.3, 0.4) is 0 Å². The maximum absolute atomic E-state index is 13.3. The third kappa shape index (κ3) is 4.18. The largest absolute Gasteiger partial charge is 0.454 e. The number of quaternary nitrogens is 1. The predicted molar refractivity (Wildman–Crippen MR) is 93.1 cm³/mol. The lowest BCUT2D eigenvalue weighted by atomic mass is 10.1. The van der Waals surface area contributed by atoms with E-state index in [1.807, 2.05) is 13.1 Å². The van der Waals surface area contributed by atoms with Crippen molar-refractivity contribution in [2.45, 2.75) is 13.5 Å². The molecule has 26 heavy (non-hydrogen) atoms. The molecule has 0 radical (unpaired) electrons. The Morgan fingerprint density at radius 3 is 2.62 bits per heavy atom. The maximum Gasteiger partial charge on any atom is 0.279 e. The number of halogens is 1. The topological polar surface area (TPSA) is 69.1 Å². The van der Waals surface area contributed by atoms with Gasteiger partial charge in [-0.05, 0) is 25.1 Å². The second-order valence-corrected chi connectivity index (χ2v) is 6.30. The van der Waals surface area contributed by atoms with Gasteiger partial charge in [0.2, 0.25) is 6.79 Å². The summed E-state index contributed by atoms with van der Waals surface area (Å²) in [5, 5.41) is 2.76. The summed E-state index contributed by atoms with van der Waals surface area (Å²) in [6.45, 7) is 2.19. The van der Waals surface area contributed by atoms with Crippen LogP contribution in [0.25, 0.3) is 0 Å². The molecule has 1 heterocycles. The van der Waals surface area contributed by atoms with Gasteiger partial charge < -0.3 is 19.7 Å². The van der Waals surface area contributed by atoms with Gasteiger partial charge in [0.25, 0.3) is 5.91 Å². The molecule has 0 aliphatic carbocycles. The first-order chi connectivity index (χ1) is 12.4. The zero-order chi connectivity index (χ0) is 18.7. The van der Waals surface area contributed by atoms with Crippen molar-refractivity contribution in [2.75, 3.05) is 25.7 Å². The average Bonchev–Trinajstić information content (AvgIpc) is 3.00. The summed E-state index contributed by atoms with van der Waals surface area (Å²) in [4.78, 5) is 25.1. The van der Waals surface area contributed by atoms with Crippen LogP contribution in [-0.2, 0) is 11.3 Å². The fraction of sp³-hybridized carbons (Fsp3) is 0.263. The van der Waals surface area contributed by atoms with Gasteiger partial charge in [0.1, 0.15) is 12.4 Å². The quantitative estimate of drug-likeness (QED) is 0.766. The SMILES string of the molecule is CC(=O)c1cc2c(cc1NC(=O)C[NH+](C)Cc1cccc(F)c1)OCO2. The fourth-order valence-electron chi connectivity index (χ4n) is 2.86. The highest BCUT2D eigenvalue weighted by molar-refractivity contribution is 6.04. The molecule has 1 aliphatic heterocycles. The summed E-state index contributed by atoms with van der Waals surface area (Å²) in [7, 11) is 1.84. The summed E-state index contributed by atoms with van der Waals surface area (Å²) in [6.07, 6.45) is 0. The number of likely N-dealkylation sites (N-methyl/N-ethyl adjacent to an activating group) is 1. The molecule has 0 spiro atoms. The van der Waals surface area contributed by atoms with Crippen LogP contribution >= 0.6 is 0 Å². The van der Waals surface area contributed by atoms with Crippen molar-refractivity contribution in [2.24, 2.45) is 0 Å². The van der Waals surface area contributed by atoms with E-state index in [2.05, 4.69) is 5.32 Å². The lowest BCUT2D eigenvalue weighted by molar-refractivity contribution is -0.885. The van der Waals surface area contributed by atoms with Crippen molar-refractivity contribution in [3.8, 4) is 11.5 Å². The number of nitrogens with one attached hydrogen (secondary N) is 2. The molecule has 6 nitrogen and oxygen atoms in total. The zero-order valence-corrected chi connectivity index (χ0v) is 14.6. The Bertz CT molecular complexity index is 853. The van der Waals surface area contributed by atoms with Crippen molar-refractivity contribution >= 4 is 17.4 Å². The Balaban J connectivity index is 1.67. The van der Waals surface area contributed by atoms with E-state index in [1.54, 1.807) is 18.2 Å². The van der Waals surface area contributed by atoms with Gasteiger partial charge in [-0.25, -0.2) is 4.39 Å². The molecule has 0 saturated carbocycles. The molecule has 3 rings (SSSR count). The average molecular weight is 359 g/mol. The number of ether oxygens (including phenoxy) is 2. The Morgan fingerprint density at radius 1 is 1.19 bits per heavy atom. The number of carbonyl (C=O) groups excluding carboxylic acids is 2. The van der Waals surface area contributed by atoms with Gasteiger partial charge in [0.05, 0.1) is 12.7 Å². The molecular formula is C19H20FN2O4+. The van der Waals surface area contributed by atoms with Crippen LogP contribution in [0.2, 0.25) is 0 Å². The second-order valence-electron chi connectivity index (χ2n) is 6.30. The Labute approximate surface area is 150 Å². The molecule has 2 aromatic rings. The van der Waals surface area contributed by atoms with E-state index in [0.29, 0.717) is 29.3 Å². The molecule has 1 unspecified atom stereocenters. The highest BCUT2D eigenvalue weighted by Crippen LogP contribution is 2.37. The van der Waals surface area contributed by atoms with Crippen molar-refractivity contribution < 1.29 is 28.4 Å². The first kappa shape index (κ1) is 17.9. The number of Topliss-reactive ketones (excluding diaryl/α,β-unsaturated/α-hetero) is 1. The van der Waals surface area contributed by atoms with Crippen molar-refractivity contribution in [3.63, 3.8) is 0 Å². The van der Waals surface area contributed by atoms with Crippen LogP contribution in [0.4, 0.5) is 10.1 Å². The van der Waals surface area contributed by atoms with Gasteiger partial charge in [-0.15, -0.1) is 0 Å². The molecule has 0 saturated heterocycles. The highest BCUT2D eigenvalue weighted by Gasteiger charge is 2.21. The molecule has 1 aliphatic rings. The van der Waals surface area contributed by atoms with Crippen LogP contribution in [0.5, 0.6) is 11.5 Å². The van der Waals surface area contributed by atoms with E-state index in [0.717, 1.165) is 10.5 Å². The van der Waals surface area contributed by atoms with Crippen LogP contribution < -0.4 is 19.7 Å². The smallest absolute Gasteiger partial charge is 0.279 e. The summed E-state index contributed by atoms with van der Waals surface area (Å²) < 4.78 is 23.8. The molecule has 1 atom stereocenters. The molecule has 2 N–H and O–H groups in total. The summed E-state index contributed by atoms with van der Waals surface area (Å²) in [6, 6.07) is 9.46. The van der Waals surface area contributed by atoms with Gasteiger partial charge in [-0.1, -0.05) is 12.1 Å². The maximum atomic E-state index is 13.3. The minimum Gasteiger partial charge on any atom is -0.454 e. The van der Waals surface area contributed by atoms with Gasteiger partial charge in [0.15, 0.2) is 23.8 Å². The summed E-state index contributed by atoms with van der Waals surface area (Å²) in [5.74, 6) is 0.248. The van der Waals surface area contributed by atoms with Gasteiger partial charge >= 0.3 is 0 Å². The van der Waals surface area contributed by atoms with E-state index >= 15 is 0 Å². The minimum atomic E-state index is -0.300. The molecule has 2 aromatic carbocycles. The lowest BCUT2D eigenvalue weighted by Gasteiger charge is -2.15. The number of rotatable bonds is 6. The molecule has 136 valence electrons. The van der Waals surface area contributed by atoms with Crippen LogP contribution in [-0.4, -0.2) is 32.1 Å². The highest BCUT2D eigenvalue weighted by atomic mass is 19.1. The zero-order valence-electron chi connectivity index (χ0n) is 14.6. The van der Waals surface area contributed by atoms with Crippen LogP contribution in [0.1, 0.15) is 22.8 Å². The Morgan fingerprint density at radius 2 is 1.92 bits per heavy atom. The van der Waals surface area contributed by atoms with Crippen molar-refractivity contribution in [1.29, 1.82) is 0 Å². The summed E-state index contributed by atoms with van der Waals surface area (Å²) >= 11 is 0. The van der Waals surface area contributed by atoms with Crippen LogP contribution in [0.15, 0.2) is 36.4 Å². The predicted octanol–water partition coefficient (Wildman–Crippen LogP) is 1.41. The number of hydrogen-bond donors (Lipinski definition) is 2. The third-order valence-corrected chi connectivity index (χ3v) is 4.02. The number of hydrogen-bond acceptors (Lipinski definition) is 4. The van der Waals surface area contributed by atoms with E-state index in [1.165, 1.54) is 19.1 Å². The second kappa shape index (κ2) is 7.53. The fourth-order valence-corrected chi connectivity index (χ4v) is 2.86. The van der Waals surface area contributed by atoms with E-state index in [-0.39, 0.29) is 30.8 Å². The number of benzene rings is 2. The number of ketones is 1. The summed E-state index contributed by atoms with van der Waals surface area (Å²) in [5.41, 5.74) is 1.57. The van der Waals surface area contributed by atoms with E-state index in [9.17, 15) is 14.0 Å². The molecule has 0 fully saturated rings. The first-order valence-electron chi connectivity index (χ1n) is 8.22. The number of carbonyl (C=O) groups is 2. The number of amides is 1. The van der Waals surface area contributed by atoms with E-state index < -0.39 is 0 Å². The molecular weight excluding hydrogens is 339 g/mol. The number of fused-ring (bicyclic) bond motifs is 1. The molecule has 1 amide bonds. The van der Waals surface area contributed by atoms with E-state index in [4.69, 9.17) is 9.47 Å².